The zero-order chi connectivity index (χ0) is 17.1. The molecule has 1 fully saturated rings. The lowest BCUT2D eigenvalue weighted by atomic mass is 9.84. The van der Waals surface area contributed by atoms with Crippen LogP contribution in [0.15, 0.2) is 32.4 Å². The number of sulfonamides is 1. The Balaban J connectivity index is 1.73. The van der Waals surface area contributed by atoms with E-state index in [1.807, 2.05) is 6.07 Å². The van der Waals surface area contributed by atoms with E-state index in [1.165, 1.54) is 4.31 Å². The fraction of sp³-hybridized carbons (Fsp3) is 0.500. The molecule has 4 heterocycles. The Kier molecular flexibility index (Phi) is 3.43. The van der Waals surface area contributed by atoms with Crippen molar-refractivity contribution >= 4 is 10.0 Å². The minimum Gasteiger partial charge on any atom is -0.360 e. The normalized spacial score (nSPS) is 23.9. The number of fused-ring (bicyclic) bond motifs is 4. The van der Waals surface area contributed by atoms with E-state index in [2.05, 4.69) is 5.16 Å². The zero-order valence-corrected chi connectivity index (χ0v) is 14.4. The van der Waals surface area contributed by atoms with Crippen molar-refractivity contribution < 1.29 is 12.9 Å². The molecule has 0 unspecified atom stereocenters. The van der Waals surface area contributed by atoms with Crippen LogP contribution in [0.4, 0.5) is 0 Å². The molecule has 2 aliphatic heterocycles. The van der Waals surface area contributed by atoms with Crippen molar-refractivity contribution in [3.63, 3.8) is 0 Å². The highest BCUT2D eigenvalue weighted by Gasteiger charge is 2.41. The van der Waals surface area contributed by atoms with Crippen LogP contribution >= 0.6 is 0 Å². The second-order valence-electron chi connectivity index (χ2n) is 6.67. The molecule has 7 nitrogen and oxygen atoms in total. The molecule has 2 aromatic rings. The number of pyridine rings is 1. The molecule has 0 aliphatic carbocycles. The second kappa shape index (κ2) is 5.29. The molecule has 24 heavy (non-hydrogen) atoms. The van der Waals surface area contributed by atoms with Gasteiger partial charge in [0.2, 0.25) is 10.0 Å². The summed E-state index contributed by atoms with van der Waals surface area (Å²) in [7, 11) is -3.65. The molecule has 128 valence electrons. The molecule has 0 amide bonds. The third-order valence-corrected chi connectivity index (χ3v) is 7.09. The van der Waals surface area contributed by atoms with Crippen molar-refractivity contribution in [2.45, 2.75) is 37.6 Å². The molecule has 8 heteroatoms. The first-order valence-electron chi connectivity index (χ1n) is 8.00. The molecular formula is C16H19N3O4S. The number of aryl methyl sites for hydroxylation is 2. The predicted molar refractivity (Wildman–Crippen MR) is 86.3 cm³/mol. The summed E-state index contributed by atoms with van der Waals surface area (Å²) in [5.74, 6) is 0.507. The quantitative estimate of drug-likeness (QED) is 0.815. The number of hydrogen-bond donors (Lipinski definition) is 0. The van der Waals surface area contributed by atoms with Gasteiger partial charge >= 0.3 is 0 Å². The molecule has 2 atom stereocenters. The topological polar surface area (TPSA) is 85.4 Å². The van der Waals surface area contributed by atoms with Gasteiger partial charge in [0, 0.05) is 37.3 Å². The highest BCUT2D eigenvalue weighted by Crippen LogP contribution is 2.37. The highest BCUT2D eigenvalue weighted by atomic mass is 32.2. The lowest BCUT2D eigenvalue weighted by Crippen LogP contribution is -2.49. The van der Waals surface area contributed by atoms with Gasteiger partial charge in [-0.3, -0.25) is 4.79 Å². The molecule has 0 spiro atoms. The number of rotatable bonds is 2. The predicted octanol–water partition coefficient (Wildman–Crippen LogP) is 1.26. The Morgan fingerprint density at radius 3 is 2.71 bits per heavy atom. The first-order chi connectivity index (χ1) is 11.4. The average Bonchev–Trinajstić information content (AvgIpc) is 2.88. The first kappa shape index (κ1) is 15.6. The van der Waals surface area contributed by atoms with Crippen LogP contribution in [-0.4, -0.2) is 35.5 Å². The zero-order valence-electron chi connectivity index (χ0n) is 13.6. The molecule has 0 N–H and O–H groups in total. The molecule has 2 aromatic heterocycles. The third-order valence-electron chi connectivity index (χ3n) is 5.01. The second-order valence-corrected chi connectivity index (χ2v) is 8.55. The monoisotopic (exact) mass is 349 g/mol. The van der Waals surface area contributed by atoms with E-state index in [0.717, 1.165) is 12.1 Å². The Morgan fingerprint density at radius 2 is 2.00 bits per heavy atom. The van der Waals surface area contributed by atoms with Crippen LogP contribution in [0.2, 0.25) is 0 Å². The number of piperidine rings is 1. The van der Waals surface area contributed by atoms with Crippen molar-refractivity contribution in [3.8, 4) is 0 Å². The van der Waals surface area contributed by atoms with Crippen LogP contribution in [0.1, 0.15) is 29.5 Å². The summed E-state index contributed by atoms with van der Waals surface area (Å²) in [5.41, 5.74) is 1.31. The Bertz CT molecular complexity index is 940. The third kappa shape index (κ3) is 2.24. The van der Waals surface area contributed by atoms with E-state index >= 15 is 0 Å². The van der Waals surface area contributed by atoms with Gasteiger partial charge in [0.05, 0.1) is 0 Å². The van der Waals surface area contributed by atoms with Crippen LogP contribution < -0.4 is 5.56 Å². The summed E-state index contributed by atoms with van der Waals surface area (Å²) in [6, 6.07) is 5.23. The maximum absolute atomic E-state index is 13.1. The maximum Gasteiger partial charge on any atom is 0.250 e. The number of nitrogens with zero attached hydrogens (tertiary/aromatic N) is 3. The summed E-state index contributed by atoms with van der Waals surface area (Å²) in [5, 5.41) is 3.77. The molecular weight excluding hydrogens is 330 g/mol. The largest absolute Gasteiger partial charge is 0.360 e. The summed E-state index contributed by atoms with van der Waals surface area (Å²) in [4.78, 5) is 12.2. The van der Waals surface area contributed by atoms with Crippen molar-refractivity contribution in [1.82, 2.24) is 14.0 Å². The molecule has 4 rings (SSSR count). The lowest BCUT2D eigenvalue weighted by molar-refractivity contribution is 0.186. The highest BCUT2D eigenvalue weighted by molar-refractivity contribution is 7.89. The summed E-state index contributed by atoms with van der Waals surface area (Å²) >= 11 is 0. The van der Waals surface area contributed by atoms with Crippen molar-refractivity contribution in [3.05, 3.63) is 45.7 Å². The minimum atomic E-state index is -3.65. The Morgan fingerprint density at radius 1 is 1.21 bits per heavy atom. The van der Waals surface area contributed by atoms with E-state index in [-0.39, 0.29) is 22.3 Å². The van der Waals surface area contributed by atoms with Crippen LogP contribution in [0, 0.1) is 19.8 Å². The number of hydrogen-bond acceptors (Lipinski definition) is 5. The van der Waals surface area contributed by atoms with Gasteiger partial charge in [0.25, 0.3) is 5.56 Å². The van der Waals surface area contributed by atoms with Gasteiger partial charge in [-0.2, -0.15) is 4.31 Å². The summed E-state index contributed by atoms with van der Waals surface area (Å²) < 4.78 is 34.5. The molecule has 2 aliphatic rings. The Hall–Kier alpha value is -1.93. The molecule has 1 saturated heterocycles. The van der Waals surface area contributed by atoms with Crippen LogP contribution in [0.3, 0.4) is 0 Å². The fourth-order valence-electron chi connectivity index (χ4n) is 4.02. The van der Waals surface area contributed by atoms with Gasteiger partial charge in [-0.05, 0) is 32.3 Å². The van der Waals surface area contributed by atoms with Crippen molar-refractivity contribution in [2.24, 2.45) is 5.92 Å². The van der Waals surface area contributed by atoms with Crippen molar-refractivity contribution in [2.75, 3.05) is 13.1 Å². The maximum atomic E-state index is 13.1. The average molecular weight is 349 g/mol. The minimum absolute atomic E-state index is 0.00997. The van der Waals surface area contributed by atoms with Crippen LogP contribution in [0.5, 0.6) is 0 Å². The van der Waals surface area contributed by atoms with Crippen molar-refractivity contribution in [1.29, 1.82) is 0 Å². The molecule has 0 radical (unpaired) electrons. The lowest BCUT2D eigenvalue weighted by Gasteiger charge is -2.41. The van der Waals surface area contributed by atoms with Gasteiger partial charge in [-0.1, -0.05) is 11.2 Å². The van der Waals surface area contributed by atoms with E-state index in [4.69, 9.17) is 4.52 Å². The van der Waals surface area contributed by atoms with Gasteiger partial charge < -0.3 is 9.09 Å². The molecule has 0 aromatic carbocycles. The van der Waals surface area contributed by atoms with E-state index in [9.17, 15) is 13.2 Å². The van der Waals surface area contributed by atoms with Crippen LogP contribution in [0.25, 0.3) is 0 Å². The number of aromatic nitrogens is 2. The van der Waals surface area contributed by atoms with Crippen LogP contribution in [-0.2, 0) is 16.6 Å². The standard InChI is InChI=1S/C16H19N3O4S/c1-10-16(11(2)23-17-10)24(21,22)18-7-12-6-13(9-18)14-4-3-5-15(20)19(14)8-12/h3-5,12-13H,6-9H2,1-2H3/t12-,13-/m0/s1. The van der Waals surface area contributed by atoms with E-state index in [0.29, 0.717) is 31.1 Å². The smallest absolute Gasteiger partial charge is 0.250 e. The molecule has 2 bridgehead atoms. The first-order valence-corrected chi connectivity index (χ1v) is 9.44. The van der Waals surface area contributed by atoms with Gasteiger partial charge in [0.1, 0.15) is 10.6 Å². The molecule has 0 saturated carbocycles. The van der Waals surface area contributed by atoms with Gasteiger partial charge in [0.15, 0.2) is 5.76 Å². The van der Waals surface area contributed by atoms with E-state index in [1.54, 1.807) is 30.5 Å². The fourth-order valence-corrected chi connectivity index (χ4v) is 5.87. The summed E-state index contributed by atoms with van der Waals surface area (Å²) in [6.07, 6.45) is 0.914. The van der Waals surface area contributed by atoms with Gasteiger partial charge in [-0.15, -0.1) is 0 Å². The van der Waals surface area contributed by atoms with E-state index < -0.39 is 10.0 Å². The van der Waals surface area contributed by atoms with Gasteiger partial charge in [-0.25, -0.2) is 8.42 Å². The SMILES string of the molecule is Cc1noc(C)c1S(=O)(=O)N1C[C@@H]2C[C@@H](C1)c1cccc(=O)n1C2. The summed E-state index contributed by atoms with van der Waals surface area (Å²) in [6.45, 7) is 4.63. The Labute approximate surface area is 139 Å².